The summed E-state index contributed by atoms with van der Waals surface area (Å²) >= 11 is 0. The second-order valence-electron chi connectivity index (χ2n) is 10.4. The van der Waals surface area contributed by atoms with Crippen molar-refractivity contribution < 1.29 is 19.1 Å². The number of nitrogens with one attached hydrogen (secondary N) is 1. The lowest BCUT2D eigenvalue weighted by molar-refractivity contribution is -0.130. The van der Waals surface area contributed by atoms with Gasteiger partial charge < -0.3 is 19.3 Å². The summed E-state index contributed by atoms with van der Waals surface area (Å²) in [5, 5.41) is 8.64. The van der Waals surface area contributed by atoms with Gasteiger partial charge in [-0.15, -0.1) is 0 Å². The number of anilines is 1. The van der Waals surface area contributed by atoms with Gasteiger partial charge in [-0.05, 0) is 35.6 Å². The zero-order valence-corrected chi connectivity index (χ0v) is 22.7. The molecule has 9 nitrogen and oxygen atoms in total. The maximum Gasteiger partial charge on any atom is 0.357 e. The number of benzene rings is 1. The molecular weight excluding hydrogens is 482 g/mol. The van der Waals surface area contributed by atoms with Gasteiger partial charge in [0.25, 0.3) is 0 Å². The van der Waals surface area contributed by atoms with Crippen LogP contribution in [0.5, 0.6) is 0 Å². The maximum atomic E-state index is 13.5. The summed E-state index contributed by atoms with van der Waals surface area (Å²) in [5.74, 6) is -0.161. The van der Waals surface area contributed by atoms with Crippen LogP contribution in [0.2, 0.25) is 0 Å². The molecule has 5 rings (SSSR count). The van der Waals surface area contributed by atoms with Crippen molar-refractivity contribution in [3.05, 3.63) is 41.2 Å². The molecule has 0 bridgehead atoms. The summed E-state index contributed by atoms with van der Waals surface area (Å²) in [7, 11) is 0. The predicted octanol–water partition coefficient (Wildman–Crippen LogP) is 4.32. The zero-order chi connectivity index (χ0) is 26.8. The van der Waals surface area contributed by atoms with Crippen LogP contribution in [0.1, 0.15) is 68.2 Å². The number of carbonyl (C=O) groups is 2. The number of hydrogen-bond donors (Lipinski definition) is 1. The Kier molecular flexibility index (Phi) is 7.65. The first-order chi connectivity index (χ1) is 18.4. The molecule has 1 N–H and O–H groups in total. The molecule has 38 heavy (non-hydrogen) atoms. The van der Waals surface area contributed by atoms with Crippen molar-refractivity contribution in [3.63, 3.8) is 0 Å². The number of aromatic nitrogens is 3. The lowest BCUT2D eigenvalue weighted by Crippen LogP contribution is -2.40. The summed E-state index contributed by atoms with van der Waals surface area (Å²) in [6.07, 6.45) is 1.65. The van der Waals surface area contributed by atoms with E-state index >= 15 is 0 Å². The minimum atomic E-state index is -0.426. The van der Waals surface area contributed by atoms with E-state index in [2.05, 4.69) is 53.2 Å². The van der Waals surface area contributed by atoms with Gasteiger partial charge in [-0.2, -0.15) is 5.10 Å². The fourth-order valence-corrected chi connectivity index (χ4v) is 5.52. The number of ether oxygens (including phenoxy) is 2. The van der Waals surface area contributed by atoms with Gasteiger partial charge in [0.2, 0.25) is 5.91 Å². The molecule has 0 unspecified atom stereocenters. The van der Waals surface area contributed by atoms with Crippen molar-refractivity contribution in [2.45, 2.75) is 59.0 Å². The SMILES string of the molecule is CCc1c(C(=O)OC2CCN(C(C)=O)CC2)nc2n[nH]c(C(C)C)c2c1-c1ccc(N2CCOCC2)cc1. The molecular formula is C29H37N5O4. The molecule has 0 spiro atoms. The van der Waals surface area contributed by atoms with Gasteiger partial charge in [0.15, 0.2) is 11.3 Å². The van der Waals surface area contributed by atoms with Crippen LogP contribution in [-0.2, 0) is 20.7 Å². The standard InChI is InChI=1S/C29H37N5O4/c1-5-23-24(20-6-8-21(9-7-20)34-14-16-37-17-15-34)25-26(18(2)3)31-32-28(25)30-27(23)29(36)38-22-10-12-33(13-11-22)19(4)35/h6-9,18,22H,5,10-17H2,1-4H3,(H,30,31,32). The number of carbonyl (C=O) groups excluding carboxylic acids is 2. The molecule has 2 aliphatic heterocycles. The number of rotatable bonds is 6. The largest absolute Gasteiger partial charge is 0.458 e. The third-order valence-corrected chi connectivity index (χ3v) is 7.65. The van der Waals surface area contributed by atoms with Crippen molar-refractivity contribution in [2.24, 2.45) is 0 Å². The molecule has 2 fully saturated rings. The van der Waals surface area contributed by atoms with Crippen molar-refractivity contribution in [1.82, 2.24) is 20.1 Å². The van der Waals surface area contributed by atoms with E-state index in [9.17, 15) is 9.59 Å². The Balaban J connectivity index is 1.52. The van der Waals surface area contributed by atoms with E-state index in [-0.39, 0.29) is 17.9 Å². The number of aromatic amines is 1. The first-order valence-electron chi connectivity index (χ1n) is 13.7. The van der Waals surface area contributed by atoms with Gasteiger partial charge in [-0.1, -0.05) is 32.9 Å². The van der Waals surface area contributed by atoms with Gasteiger partial charge in [-0.25, -0.2) is 9.78 Å². The highest BCUT2D eigenvalue weighted by atomic mass is 16.5. The Morgan fingerprint density at radius 1 is 1.11 bits per heavy atom. The molecule has 2 saturated heterocycles. The maximum absolute atomic E-state index is 13.5. The molecule has 9 heteroatoms. The van der Waals surface area contributed by atoms with Gasteiger partial charge >= 0.3 is 5.97 Å². The third kappa shape index (κ3) is 5.12. The fraction of sp³-hybridized carbons (Fsp3) is 0.517. The lowest BCUT2D eigenvalue weighted by Gasteiger charge is -2.31. The van der Waals surface area contributed by atoms with E-state index in [0.29, 0.717) is 43.7 Å². The predicted molar refractivity (Wildman–Crippen MR) is 147 cm³/mol. The summed E-state index contributed by atoms with van der Waals surface area (Å²) in [6.45, 7) is 12.3. The molecule has 3 aromatic rings. The highest BCUT2D eigenvalue weighted by molar-refractivity contribution is 6.02. The third-order valence-electron chi connectivity index (χ3n) is 7.65. The quantitative estimate of drug-likeness (QED) is 0.484. The highest BCUT2D eigenvalue weighted by Gasteiger charge is 2.29. The summed E-state index contributed by atoms with van der Waals surface area (Å²) in [5.41, 5.74) is 5.89. The smallest absolute Gasteiger partial charge is 0.357 e. The number of nitrogens with zero attached hydrogens (tertiary/aromatic N) is 4. The highest BCUT2D eigenvalue weighted by Crippen LogP contribution is 2.38. The van der Waals surface area contributed by atoms with Crippen LogP contribution in [0.15, 0.2) is 24.3 Å². The normalized spacial score (nSPS) is 16.9. The number of likely N-dealkylation sites (tertiary alicyclic amines) is 1. The summed E-state index contributed by atoms with van der Waals surface area (Å²) in [4.78, 5) is 34.0. The lowest BCUT2D eigenvalue weighted by atomic mass is 9.91. The van der Waals surface area contributed by atoms with Crippen molar-refractivity contribution >= 4 is 28.6 Å². The first-order valence-corrected chi connectivity index (χ1v) is 13.7. The van der Waals surface area contributed by atoms with Crippen molar-refractivity contribution in [3.8, 4) is 11.1 Å². The van der Waals surface area contributed by atoms with Crippen LogP contribution < -0.4 is 4.90 Å². The molecule has 0 saturated carbocycles. The number of esters is 1. The van der Waals surface area contributed by atoms with Crippen LogP contribution in [-0.4, -0.2) is 77.5 Å². The van der Waals surface area contributed by atoms with Crippen LogP contribution in [0.4, 0.5) is 5.69 Å². The summed E-state index contributed by atoms with van der Waals surface area (Å²) in [6, 6.07) is 8.54. The Hall–Kier alpha value is -3.46. The number of H-pyrrole nitrogens is 1. The van der Waals surface area contributed by atoms with Crippen molar-refractivity contribution in [1.29, 1.82) is 0 Å². The summed E-state index contributed by atoms with van der Waals surface area (Å²) < 4.78 is 11.4. The molecule has 2 aliphatic rings. The molecule has 0 atom stereocenters. The van der Waals surface area contributed by atoms with Gasteiger partial charge in [0, 0.05) is 62.9 Å². The van der Waals surface area contributed by atoms with Gasteiger partial charge in [-0.3, -0.25) is 9.89 Å². The van der Waals surface area contributed by atoms with Gasteiger partial charge in [0.1, 0.15) is 6.10 Å². The molecule has 0 radical (unpaired) electrons. The Morgan fingerprint density at radius 3 is 2.39 bits per heavy atom. The minimum absolute atomic E-state index is 0.0546. The zero-order valence-electron chi connectivity index (χ0n) is 22.7. The molecule has 202 valence electrons. The van der Waals surface area contributed by atoms with Crippen LogP contribution in [0.25, 0.3) is 22.2 Å². The number of hydrogen-bond acceptors (Lipinski definition) is 7. The minimum Gasteiger partial charge on any atom is -0.458 e. The number of amides is 1. The van der Waals surface area contributed by atoms with E-state index in [4.69, 9.17) is 14.5 Å². The second-order valence-corrected chi connectivity index (χ2v) is 10.4. The second kappa shape index (κ2) is 11.1. The van der Waals surface area contributed by atoms with Gasteiger partial charge in [0.05, 0.1) is 18.6 Å². The fourth-order valence-electron chi connectivity index (χ4n) is 5.52. The molecule has 1 amide bonds. The van der Waals surface area contributed by atoms with Crippen LogP contribution in [0.3, 0.4) is 0 Å². The number of piperidine rings is 1. The average Bonchev–Trinajstić information content (AvgIpc) is 3.37. The van der Waals surface area contributed by atoms with E-state index in [1.165, 1.54) is 0 Å². The average molecular weight is 520 g/mol. The van der Waals surface area contributed by atoms with E-state index in [1.807, 2.05) is 6.92 Å². The van der Waals surface area contributed by atoms with E-state index in [0.717, 1.165) is 59.8 Å². The Bertz CT molecular complexity index is 1300. The monoisotopic (exact) mass is 519 g/mol. The number of fused-ring (bicyclic) bond motifs is 1. The number of morpholine rings is 1. The molecule has 2 aromatic heterocycles. The molecule has 0 aliphatic carbocycles. The van der Waals surface area contributed by atoms with Crippen molar-refractivity contribution in [2.75, 3.05) is 44.3 Å². The van der Waals surface area contributed by atoms with Crippen LogP contribution in [0, 0.1) is 0 Å². The van der Waals surface area contributed by atoms with Crippen LogP contribution >= 0.6 is 0 Å². The van der Waals surface area contributed by atoms with E-state index in [1.54, 1.807) is 11.8 Å². The molecule has 4 heterocycles. The first kappa shape index (κ1) is 26.2. The Labute approximate surface area is 223 Å². The number of pyridine rings is 1. The topological polar surface area (TPSA) is 101 Å². The van der Waals surface area contributed by atoms with E-state index < -0.39 is 5.97 Å². The Morgan fingerprint density at radius 2 is 1.79 bits per heavy atom. The molecule has 1 aromatic carbocycles.